The molecule has 1 aromatic heterocycles. The van der Waals surface area contributed by atoms with Gasteiger partial charge in [-0.1, -0.05) is 0 Å². The first-order valence-corrected chi connectivity index (χ1v) is 4.62. The second-order valence-electron chi connectivity index (χ2n) is 3.37. The molecule has 0 bridgehead atoms. The van der Waals surface area contributed by atoms with Gasteiger partial charge in [-0.15, -0.1) is 0 Å². The van der Waals surface area contributed by atoms with Crippen molar-refractivity contribution in [2.45, 2.75) is 33.2 Å². The average Bonchev–Trinajstić information content (AvgIpc) is 2.08. The SMILES string of the molecule is CC(=O)CCCn1cnc(C)cc1=O. The summed E-state index contributed by atoms with van der Waals surface area (Å²) in [5.74, 6) is 0.151. The Hall–Kier alpha value is -1.45. The van der Waals surface area contributed by atoms with Crippen molar-refractivity contribution in [3.8, 4) is 0 Å². The molecule has 0 N–H and O–H groups in total. The number of aromatic nitrogens is 2. The van der Waals surface area contributed by atoms with E-state index in [0.29, 0.717) is 19.4 Å². The lowest BCUT2D eigenvalue weighted by molar-refractivity contribution is -0.117. The lowest BCUT2D eigenvalue weighted by atomic mass is 10.2. The molecule has 1 rings (SSSR count). The molecule has 0 radical (unpaired) electrons. The van der Waals surface area contributed by atoms with E-state index in [9.17, 15) is 9.59 Å². The van der Waals surface area contributed by atoms with E-state index in [2.05, 4.69) is 4.98 Å². The third kappa shape index (κ3) is 3.12. The minimum atomic E-state index is -0.0546. The van der Waals surface area contributed by atoms with Crippen LogP contribution in [-0.4, -0.2) is 15.3 Å². The summed E-state index contributed by atoms with van der Waals surface area (Å²) in [5.41, 5.74) is 0.666. The number of hydrogen-bond acceptors (Lipinski definition) is 3. The molecule has 0 aliphatic heterocycles. The average molecular weight is 194 g/mol. The smallest absolute Gasteiger partial charge is 0.253 e. The van der Waals surface area contributed by atoms with Gasteiger partial charge in [-0.2, -0.15) is 0 Å². The predicted molar refractivity (Wildman–Crippen MR) is 53.1 cm³/mol. The lowest BCUT2D eigenvalue weighted by Gasteiger charge is -2.03. The van der Waals surface area contributed by atoms with Crippen LogP contribution >= 0.6 is 0 Å². The number of carbonyl (C=O) groups excluding carboxylic acids is 1. The minimum Gasteiger partial charge on any atom is -0.300 e. The van der Waals surface area contributed by atoms with Crippen LogP contribution in [0.2, 0.25) is 0 Å². The van der Waals surface area contributed by atoms with Crippen LogP contribution in [0.15, 0.2) is 17.2 Å². The summed E-state index contributed by atoms with van der Waals surface area (Å²) in [6.07, 6.45) is 2.73. The summed E-state index contributed by atoms with van der Waals surface area (Å²) in [6.45, 7) is 3.89. The maximum absolute atomic E-state index is 11.4. The van der Waals surface area contributed by atoms with Crippen molar-refractivity contribution in [3.05, 3.63) is 28.4 Å². The molecule has 0 saturated heterocycles. The molecule has 0 aromatic carbocycles. The van der Waals surface area contributed by atoms with Crippen molar-refractivity contribution >= 4 is 5.78 Å². The Morgan fingerprint density at radius 2 is 2.29 bits per heavy atom. The Labute approximate surface area is 82.6 Å². The van der Waals surface area contributed by atoms with E-state index in [1.807, 2.05) is 0 Å². The topological polar surface area (TPSA) is 52.0 Å². The van der Waals surface area contributed by atoms with Crippen molar-refractivity contribution < 1.29 is 4.79 Å². The maximum atomic E-state index is 11.4. The van der Waals surface area contributed by atoms with Gasteiger partial charge in [-0.3, -0.25) is 9.36 Å². The third-order valence-corrected chi connectivity index (χ3v) is 1.94. The molecule has 0 atom stereocenters. The zero-order valence-electron chi connectivity index (χ0n) is 8.49. The van der Waals surface area contributed by atoms with Crippen LogP contribution in [0.5, 0.6) is 0 Å². The highest BCUT2D eigenvalue weighted by atomic mass is 16.1. The predicted octanol–water partition coefficient (Wildman–Crippen LogP) is 0.921. The van der Waals surface area contributed by atoms with E-state index in [1.54, 1.807) is 13.8 Å². The fourth-order valence-electron chi connectivity index (χ4n) is 1.18. The van der Waals surface area contributed by atoms with Crippen molar-refractivity contribution in [3.63, 3.8) is 0 Å². The van der Waals surface area contributed by atoms with Gasteiger partial charge in [0.05, 0.1) is 6.33 Å². The Kier molecular flexibility index (Phi) is 3.56. The number of Topliss-reactive ketones (excluding diaryl/α,β-unsaturated/α-hetero) is 1. The number of rotatable bonds is 4. The van der Waals surface area contributed by atoms with Crippen molar-refractivity contribution in [2.75, 3.05) is 0 Å². The molecule has 0 aliphatic carbocycles. The monoisotopic (exact) mass is 194 g/mol. The Morgan fingerprint density at radius 3 is 2.86 bits per heavy atom. The first kappa shape index (κ1) is 10.6. The number of hydrogen-bond donors (Lipinski definition) is 0. The number of ketones is 1. The van der Waals surface area contributed by atoms with Gasteiger partial charge >= 0.3 is 0 Å². The molecular formula is C10H14N2O2. The fourth-order valence-corrected chi connectivity index (χ4v) is 1.18. The van der Waals surface area contributed by atoms with E-state index in [0.717, 1.165) is 5.69 Å². The van der Waals surface area contributed by atoms with Crippen LogP contribution in [0.1, 0.15) is 25.5 Å². The van der Waals surface area contributed by atoms with Crippen molar-refractivity contribution in [1.29, 1.82) is 0 Å². The molecule has 76 valence electrons. The van der Waals surface area contributed by atoms with Gasteiger partial charge in [0.25, 0.3) is 5.56 Å². The first-order valence-electron chi connectivity index (χ1n) is 4.62. The molecule has 4 nitrogen and oxygen atoms in total. The van der Waals surface area contributed by atoms with Crippen LogP contribution in [0.3, 0.4) is 0 Å². The van der Waals surface area contributed by atoms with Gasteiger partial charge in [0, 0.05) is 24.7 Å². The molecule has 0 aliphatic rings. The first-order chi connectivity index (χ1) is 6.59. The van der Waals surface area contributed by atoms with Crippen molar-refractivity contribution in [1.82, 2.24) is 9.55 Å². The molecule has 1 heterocycles. The van der Waals surface area contributed by atoms with Gasteiger partial charge in [0.15, 0.2) is 0 Å². The Bertz CT molecular complexity index is 382. The van der Waals surface area contributed by atoms with E-state index in [4.69, 9.17) is 0 Å². The zero-order chi connectivity index (χ0) is 10.6. The van der Waals surface area contributed by atoms with Gasteiger partial charge in [0.2, 0.25) is 0 Å². The third-order valence-electron chi connectivity index (χ3n) is 1.94. The maximum Gasteiger partial charge on any atom is 0.253 e. The number of carbonyl (C=O) groups is 1. The molecule has 14 heavy (non-hydrogen) atoms. The van der Waals surface area contributed by atoms with Crippen LogP contribution in [0.25, 0.3) is 0 Å². The number of nitrogens with zero attached hydrogens (tertiary/aromatic N) is 2. The molecule has 4 heteroatoms. The zero-order valence-corrected chi connectivity index (χ0v) is 8.49. The van der Waals surface area contributed by atoms with Gasteiger partial charge in [-0.05, 0) is 20.3 Å². The summed E-state index contributed by atoms with van der Waals surface area (Å²) in [7, 11) is 0. The summed E-state index contributed by atoms with van der Waals surface area (Å²) in [6, 6.07) is 1.49. The summed E-state index contributed by atoms with van der Waals surface area (Å²) in [4.78, 5) is 26.0. The molecule has 0 saturated carbocycles. The van der Waals surface area contributed by atoms with E-state index >= 15 is 0 Å². The highest BCUT2D eigenvalue weighted by Gasteiger charge is 1.98. The standard InChI is InChI=1S/C10H14N2O2/c1-8-6-10(14)12(7-11-8)5-3-4-9(2)13/h6-7H,3-5H2,1-2H3. The van der Waals surface area contributed by atoms with Gasteiger partial charge in [0.1, 0.15) is 5.78 Å². The van der Waals surface area contributed by atoms with Gasteiger partial charge in [-0.25, -0.2) is 4.98 Å². The molecule has 0 amide bonds. The van der Waals surface area contributed by atoms with E-state index < -0.39 is 0 Å². The normalized spacial score (nSPS) is 10.1. The second kappa shape index (κ2) is 4.69. The quantitative estimate of drug-likeness (QED) is 0.716. The van der Waals surface area contributed by atoms with E-state index in [1.165, 1.54) is 17.0 Å². The Balaban J connectivity index is 2.59. The number of aryl methyl sites for hydroxylation is 2. The molecule has 0 unspecified atom stereocenters. The summed E-state index contributed by atoms with van der Waals surface area (Å²) < 4.78 is 1.52. The molecule has 0 fully saturated rings. The van der Waals surface area contributed by atoms with Crippen LogP contribution < -0.4 is 5.56 Å². The molecule has 1 aromatic rings. The Morgan fingerprint density at radius 1 is 1.57 bits per heavy atom. The highest BCUT2D eigenvalue weighted by Crippen LogP contribution is 1.93. The van der Waals surface area contributed by atoms with Crippen molar-refractivity contribution in [2.24, 2.45) is 0 Å². The second-order valence-corrected chi connectivity index (χ2v) is 3.37. The summed E-state index contributed by atoms with van der Waals surface area (Å²) >= 11 is 0. The largest absolute Gasteiger partial charge is 0.300 e. The minimum absolute atomic E-state index is 0.0546. The summed E-state index contributed by atoms with van der Waals surface area (Å²) in [5, 5.41) is 0. The fraction of sp³-hybridized carbons (Fsp3) is 0.500. The molecular weight excluding hydrogens is 180 g/mol. The molecule has 0 spiro atoms. The van der Waals surface area contributed by atoms with Gasteiger partial charge < -0.3 is 4.79 Å². The van der Waals surface area contributed by atoms with Crippen LogP contribution in [0, 0.1) is 6.92 Å². The lowest BCUT2D eigenvalue weighted by Crippen LogP contribution is -2.20. The highest BCUT2D eigenvalue weighted by molar-refractivity contribution is 5.75. The van der Waals surface area contributed by atoms with Crippen LogP contribution in [0.4, 0.5) is 0 Å². The van der Waals surface area contributed by atoms with Crippen LogP contribution in [-0.2, 0) is 11.3 Å². The van der Waals surface area contributed by atoms with E-state index in [-0.39, 0.29) is 11.3 Å².